The fourth-order valence-corrected chi connectivity index (χ4v) is 3.15. The Morgan fingerprint density at radius 1 is 1.19 bits per heavy atom. The summed E-state index contributed by atoms with van der Waals surface area (Å²) in [5.41, 5.74) is 7.38. The highest BCUT2D eigenvalue weighted by atomic mass is 16.5. The summed E-state index contributed by atoms with van der Waals surface area (Å²) in [5.74, 6) is 1.56. The fraction of sp³-hybridized carbons (Fsp3) is 0.667. The van der Waals surface area contributed by atoms with Crippen molar-refractivity contribution in [3.05, 3.63) is 29.8 Å². The van der Waals surface area contributed by atoms with E-state index in [-0.39, 0.29) is 12.1 Å². The van der Waals surface area contributed by atoms with Gasteiger partial charge < -0.3 is 15.2 Å². The lowest BCUT2D eigenvalue weighted by Crippen LogP contribution is -2.31. The Labute approximate surface area is 128 Å². The first-order valence-electron chi connectivity index (χ1n) is 8.26. The van der Waals surface area contributed by atoms with Gasteiger partial charge >= 0.3 is 0 Å². The second-order valence-corrected chi connectivity index (χ2v) is 6.07. The van der Waals surface area contributed by atoms with E-state index in [9.17, 15) is 0 Å². The number of para-hydroxylation sites is 1. The van der Waals surface area contributed by atoms with Crippen molar-refractivity contribution < 1.29 is 9.47 Å². The molecule has 0 bridgehead atoms. The van der Waals surface area contributed by atoms with Crippen LogP contribution in [0.3, 0.4) is 0 Å². The largest absolute Gasteiger partial charge is 0.496 e. The zero-order valence-electron chi connectivity index (χ0n) is 13.4. The van der Waals surface area contributed by atoms with Crippen LogP contribution in [0.2, 0.25) is 0 Å². The molecule has 1 aliphatic carbocycles. The number of methoxy groups -OCH3 is 1. The summed E-state index contributed by atoms with van der Waals surface area (Å²) in [4.78, 5) is 0. The predicted molar refractivity (Wildman–Crippen MR) is 86.5 cm³/mol. The van der Waals surface area contributed by atoms with E-state index in [0.29, 0.717) is 5.92 Å². The monoisotopic (exact) mass is 291 g/mol. The normalized spacial score (nSPS) is 19.2. The van der Waals surface area contributed by atoms with Gasteiger partial charge in [-0.15, -0.1) is 0 Å². The topological polar surface area (TPSA) is 44.5 Å². The minimum atomic E-state index is -0.0759. The van der Waals surface area contributed by atoms with Gasteiger partial charge in [0.1, 0.15) is 11.9 Å². The molecule has 0 spiro atoms. The van der Waals surface area contributed by atoms with Gasteiger partial charge in [-0.2, -0.15) is 0 Å². The molecule has 3 nitrogen and oxygen atoms in total. The van der Waals surface area contributed by atoms with E-state index in [1.54, 1.807) is 7.11 Å². The van der Waals surface area contributed by atoms with E-state index in [1.807, 2.05) is 18.2 Å². The molecule has 0 aromatic heterocycles. The van der Waals surface area contributed by atoms with Crippen LogP contribution in [0.15, 0.2) is 24.3 Å². The molecule has 1 aliphatic rings. The highest BCUT2D eigenvalue weighted by molar-refractivity contribution is 5.35. The molecular formula is C18H29NO2. The number of ether oxygens (including phenoxy) is 2. The van der Waals surface area contributed by atoms with Crippen molar-refractivity contribution in [1.29, 1.82) is 0 Å². The van der Waals surface area contributed by atoms with Crippen LogP contribution in [0.4, 0.5) is 0 Å². The first-order valence-corrected chi connectivity index (χ1v) is 8.26. The van der Waals surface area contributed by atoms with E-state index < -0.39 is 0 Å². The minimum absolute atomic E-state index is 0.00453. The van der Waals surface area contributed by atoms with Crippen molar-refractivity contribution >= 4 is 0 Å². The summed E-state index contributed by atoms with van der Waals surface area (Å²) >= 11 is 0. The van der Waals surface area contributed by atoms with Crippen LogP contribution in [-0.2, 0) is 4.74 Å². The number of hydrogen-bond acceptors (Lipinski definition) is 3. The standard InChI is InChI=1S/C18H29NO2/c1-3-16(19)18(15-11-7-8-12-17(15)20-2)21-13-14-9-5-4-6-10-14/h7-8,11-12,14,16,18H,3-6,9-10,13,19H2,1-2H3. The number of rotatable bonds is 7. The smallest absolute Gasteiger partial charge is 0.124 e. The predicted octanol–water partition coefficient (Wildman–Crippen LogP) is 4.07. The maximum absolute atomic E-state index is 6.31. The number of hydrogen-bond donors (Lipinski definition) is 1. The Hall–Kier alpha value is -1.06. The van der Waals surface area contributed by atoms with Gasteiger partial charge in [-0.05, 0) is 31.2 Å². The molecule has 2 N–H and O–H groups in total. The first-order chi connectivity index (χ1) is 10.3. The maximum atomic E-state index is 6.31. The maximum Gasteiger partial charge on any atom is 0.124 e. The average molecular weight is 291 g/mol. The molecule has 2 atom stereocenters. The Balaban J connectivity index is 2.06. The minimum Gasteiger partial charge on any atom is -0.496 e. The second-order valence-electron chi connectivity index (χ2n) is 6.07. The molecule has 0 radical (unpaired) electrons. The van der Waals surface area contributed by atoms with Crippen LogP contribution in [0.1, 0.15) is 57.1 Å². The Morgan fingerprint density at radius 3 is 2.57 bits per heavy atom. The zero-order valence-corrected chi connectivity index (χ0v) is 13.4. The van der Waals surface area contributed by atoms with E-state index in [2.05, 4.69) is 13.0 Å². The summed E-state index contributed by atoms with van der Waals surface area (Å²) in [6.45, 7) is 2.92. The van der Waals surface area contributed by atoms with Gasteiger partial charge in [0.2, 0.25) is 0 Å². The van der Waals surface area contributed by atoms with E-state index >= 15 is 0 Å². The van der Waals surface area contributed by atoms with Gasteiger partial charge in [-0.3, -0.25) is 0 Å². The molecule has 1 fully saturated rings. The first kappa shape index (κ1) is 16.3. The molecule has 118 valence electrons. The quantitative estimate of drug-likeness (QED) is 0.823. The summed E-state index contributed by atoms with van der Waals surface area (Å²) in [6.07, 6.45) is 7.46. The number of nitrogens with two attached hydrogens (primary N) is 1. The third-order valence-electron chi connectivity index (χ3n) is 4.54. The molecule has 2 unspecified atom stereocenters. The molecule has 1 aromatic rings. The van der Waals surface area contributed by atoms with E-state index in [0.717, 1.165) is 24.3 Å². The van der Waals surface area contributed by atoms with Crippen molar-refractivity contribution in [3.8, 4) is 5.75 Å². The van der Waals surface area contributed by atoms with Gasteiger partial charge in [0, 0.05) is 11.6 Å². The Morgan fingerprint density at radius 2 is 1.90 bits per heavy atom. The van der Waals surface area contributed by atoms with Gasteiger partial charge in [0.15, 0.2) is 0 Å². The molecule has 1 aromatic carbocycles. The molecule has 1 saturated carbocycles. The van der Waals surface area contributed by atoms with Crippen molar-refractivity contribution in [1.82, 2.24) is 0 Å². The molecule has 3 heteroatoms. The van der Waals surface area contributed by atoms with E-state index in [1.165, 1.54) is 32.1 Å². The van der Waals surface area contributed by atoms with Crippen LogP contribution >= 0.6 is 0 Å². The Bertz CT molecular complexity index is 415. The summed E-state index contributed by atoms with van der Waals surface area (Å²) in [7, 11) is 1.70. The lowest BCUT2D eigenvalue weighted by molar-refractivity contribution is 0.00322. The molecule has 0 heterocycles. The SMILES string of the molecule is CCC(N)C(OCC1CCCCC1)c1ccccc1OC. The van der Waals surface area contributed by atoms with Crippen molar-refractivity contribution in [2.45, 2.75) is 57.6 Å². The highest BCUT2D eigenvalue weighted by Crippen LogP contribution is 2.32. The van der Waals surface area contributed by atoms with Crippen molar-refractivity contribution in [2.24, 2.45) is 11.7 Å². The van der Waals surface area contributed by atoms with Crippen LogP contribution in [0.25, 0.3) is 0 Å². The second kappa shape index (κ2) is 8.40. The molecular weight excluding hydrogens is 262 g/mol. The third kappa shape index (κ3) is 4.45. The lowest BCUT2D eigenvalue weighted by atomic mass is 9.90. The Kier molecular flexibility index (Phi) is 6.52. The van der Waals surface area contributed by atoms with Crippen LogP contribution in [0, 0.1) is 5.92 Å². The lowest BCUT2D eigenvalue weighted by Gasteiger charge is -2.29. The fourth-order valence-electron chi connectivity index (χ4n) is 3.15. The molecule has 2 rings (SSSR count). The van der Waals surface area contributed by atoms with Gasteiger partial charge in [-0.25, -0.2) is 0 Å². The summed E-state index contributed by atoms with van der Waals surface area (Å²) < 4.78 is 11.7. The van der Waals surface area contributed by atoms with Crippen LogP contribution in [-0.4, -0.2) is 19.8 Å². The van der Waals surface area contributed by atoms with E-state index in [4.69, 9.17) is 15.2 Å². The van der Waals surface area contributed by atoms with Gasteiger partial charge in [-0.1, -0.05) is 44.4 Å². The molecule has 0 amide bonds. The molecule has 0 saturated heterocycles. The summed E-state index contributed by atoms with van der Waals surface area (Å²) in [6, 6.07) is 8.06. The van der Waals surface area contributed by atoms with Gasteiger partial charge in [0.25, 0.3) is 0 Å². The molecule has 21 heavy (non-hydrogen) atoms. The van der Waals surface area contributed by atoms with Crippen LogP contribution < -0.4 is 10.5 Å². The van der Waals surface area contributed by atoms with Gasteiger partial charge in [0.05, 0.1) is 13.7 Å². The highest BCUT2D eigenvalue weighted by Gasteiger charge is 2.24. The van der Waals surface area contributed by atoms with Crippen LogP contribution in [0.5, 0.6) is 5.75 Å². The number of benzene rings is 1. The summed E-state index contributed by atoms with van der Waals surface area (Å²) in [5, 5.41) is 0. The molecule has 0 aliphatic heterocycles. The van der Waals surface area contributed by atoms with Crippen molar-refractivity contribution in [3.63, 3.8) is 0 Å². The third-order valence-corrected chi connectivity index (χ3v) is 4.54. The van der Waals surface area contributed by atoms with Crippen molar-refractivity contribution in [2.75, 3.05) is 13.7 Å². The zero-order chi connectivity index (χ0) is 15.1. The average Bonchev–Trinajstić information content (AvgIpc) is 2.56.